The van der Waals surface area contributed by atoms with Crippen molar-refractivity contribution in [1.82, 2.24) is 15.0 Å². The molecule has 2 aromatic rings. The fraction of sp³-hybridized carbons (Fsp3) is 0.167. The zero-order chi connectivity index (χ0) is 12.0. The Morgan fingerprint density at radius 2 is 1.47 bits per heavy atom. The van der Waals surface area contributed by atoms with Crippen molar-refractivity contribution in [3.05, 3.63) is 46.8 Å². The van der Waals surface area contributed by atoms with E-state index in [0.29, 0.717) is 17.7 Å². The highest BCUT2D eigenvalue weighted by molar-refractivity contribution is 6.26. The number of nitrogens with zero attached hydrogens (tertiary/aromatic N) is 3. The first kappa shape index (κ1) is 9.89. The molecule has 84 valence electrons. The normalized spacial score (nSPS) is 13.5. The number of hydrogen-bond acceptors (Lipinski definition) is 4. The Kier molecular flexibility index (Phi) is 1.95. The number of hydrogen-bond donors (Lipinski definition) is 0. The van der Waals surface area contributed by atoms with Gasteiger partial charge in [-0.1, -0.05) is 24.3 Å². The molecule has 5 nitrogen and oxygen atoms in total. The smallest absolute Gasteiger partial charge is 0.216 e. The Bertz CT molecular complexity index is 590. The van der Waals surface area contributed by atoms with Gasteiger partial charge in [-0.05, 0) is 6.92 Å². The zero-order valence-corrected chi connectivity index (χ0v) is 9.17. The number of benzene rings is 1. The van der Waals surface area contributed by atoms with Crippen LogP contribution in [0.3, 0.4) is 0 Å². The number of rotatable bonds is 1. The molecule has 0 N–H and O–H groups in total. The molecular weight excluding hydrogens is 218 g/mol. The van der Waals surface area contributed by atoms with Crippen LogP contribution in [0, 0.1) is 0 Å². The van der Waals surface area contributed by atoms with E-state index in [-0.39, 0.29) is 23.0 Å². The molecular formula is C12H9N3O2. The summed E-state index contributed by atoms with van der Waals surface area (Å²) in [7, 11) is 0. The first-order valence-electron chi connectivity index (χ1n) is 5.36. The van der Waals surface area contributed by atoms with Gasteiger partial charge in [-0.15, -0.1) is 10.2 Å². The van der Waals surface area contributed by atoms with Crippen LogP contribution >= 0.6 is 0 Å². The molecule has 0 spiro atoms. The maximum atomic E-state index is 12.1. The van der Waals surface area contributed by atoms with Gasteiger partial charge in [0.05, 0.1) is 6.54 Å². The maximum absolute atomic E-state index is 12.1. The molecule has 0 unspecified atom stereocenters. The van der Waals surface area contributed by atoms with Gasteiger partial charge in [0.25, 0.3) is 0 Å². The molecule has 1 aromatic heterocycles. The van der Waals surface area contributed by atoms with Crippen molar-refractivity contribution in [2.75, 3.05) is 0 Å². The quantitative estimate of drug-likeness (QED) is 0.623. The van der Waals surface area contributed by atoms with E-state index >= 15 is 0 Å². The second-order valence-corrected chi connectivity index (χ2v) is 3.79. The maximum Gasteiger partial charge on any atom is 0.216 e. The second kappa shape index (κ2) is 3.35. The fourth-order valence-electron chi connectivity index (χ4n) is 1.93. The number of carbonyl (C=O) groups is 2. The third-order valence-electron chi connectivity index (χ3n) is 2.78. The fourth-order valence-corrected chi connectivity index (χ4v) is 1.93. The third-order valence-corrected chi connectivity index (χ3v) is 2.78. The molecule has 0 bridgehead atoms. The topological polar surface area (TPSA) is 64.8 Å². The first-order valence-corrected chi connectivity index (χ1v) is 5.36. The van der Waals surface area contributed by atoms with E-state index in [1.807, 2.05) is 6.92 Å². The van der Waals surface area contributed by atoms with Crippen molar-refractivity contribution in [2.24, 2.45) is 0 Å². The van der Waals surface area contributed by atoms with Crippen LogP contribution in [0.4, 0.5) is 0 Å². The van der Waals surface area contributed by atoms with Gasteiger partial charge in [-0.25, -0.2) is 0 Å². The van der Waals surface area contributed by atoms with E-state index in [4.69, 9.17) is 0 Å². The highest BCUT2D eigenvalue weighted by Crippen LogP contribution is 2.24. The Balaban J connectivity index is 2.27. The standard InChI is InChI=1S/C12H9N3O2/c1-2-15-13-9-10(14-15)12(17)8-6-4-3-5-7(8)11(9)16/h3-6H,2H2,1H3. The van der Waals surface area contributed by atoms with E-state index < -0.39 is 0 Å². The van der Waals surface area contributed by atoms with Crippen LogP contribution in [0.5, 0.6) is 0 Å². The molecule has 0 aliphatic heterocycles. The van der Waals surface area contributed by atoms with Crippen molar-refractivity contribution in [3.8, 4) is 0 Å². The zero-order valence-electron chi connectivity index (χ0n) is 9.17. The van der Waals surface area contributed by atoms with Crippen LogP contribution in [-0.2, 0) is 6.54 Å². The first-order chi connectivity index (χ1) is 8.22. The van der Waals surface area contributed by atoms with Gasteiger partial charge in [-0.2, -0.15) is 4.80 Å². The summed E-state index contributed by atoms with van der Waals surface area (Å²) in [4.78, 5) is 25.6. The van der Waals surface area contributed by atoms with Crippen LogP contribution < -0.4 is 0 Å². The van der Waals surface area contributed by atoms with E-state index in [2.05, 4.69) is 10.2 Å². The largest absolute Gasteiger partial charge is 0.287 e. The minimum atomic E-state index is -0.227. The molecule has 0 radical (unpaired) electrons. The molecule has 1 aromatic carbocycles. The number of carbonyl (C=O) groups excluding carboxylic acids is 2. The van der Waals surface area contributed by atoms with Crippen molar-refractivity contribution in [2.45, 2.75) is 13.5 Å². The summed E-state index contributed by atoms with van der Waals surface area (Å²) >= 11 is 0. The number of fused-ring (bicyclic) bond motifs is 2. The van der Waals surface area contributed by atoms with Crippen LogP contribution in [0.1, 0.15) is 39.0 Å². The van der Waals surface area contributed by atoms with Crippen LogP contribution in [0.15, 0.2) is 24.3 Å². The monoisotopic (exact) mass is 227 g/mol. The average molecular weight is 227 g/mol. The molecule has 1 aliphatic carbocycles. The number of aryl methyl sites for hydroxylation is 1. The highest BCUT2D eigenvalue weighted by Gasteiger charge is 2.33. The lowest BCUT2D eigenvalue weighted by molar-refractivity contribution is 0.0974. The Morgan fingerprint density at radius 1 is 1.00 bits per heavy atom. The Morgan fingerprint density at radius 3 is 1.88 bits per heavy atom. The van der Waals surface area contributed by atoms with Crippen molar-refractivity contribution in [3.63, 3.8) is 0 Å². The van der Waals surface area contributed by atoms with Crippen molar-refractivity contribution < 1.29 is 9.59 Å². The Labute approximate surface area is 97.1 Å². The van der Waals surface area contributed by atoms with Gasteiger partial charge in [0.2, 0.25) is 11.6 Å². The molecule has 1 heterocycles. The van der Waals surface area contributed by atoms with Gasteiger partial charge < -0.3 is 0 Å². The van der Waals surface area contributed by atoms with E-state index in [0.717, 1.165) is 0 Å². The molecule has 1 aliphatic rings. The van der Waals surface area contributed by atoms with Gasteiger partial charge >= 0.3 is 0 Å². The summed E-state index contributed by atoms with van der Waals surface area (Å²) in [5.41, 5.74) is 1.15. The minimum Gasteiger partial charge on any atom is -0.287 e. The van der Waals surface area contributed by atoms with Crippen LogP contribution in [-0.4, -0.2) is 26.6 Å². The Hall–Kier alpha value is -2.30. The van der Waals surface area contributed by atoms with Crippen LogP contribution in [0.25, 0.3) is 0 Å². The molecule has 3 rings (SSSR count). The van der Waals surface area contributed by atoms with Gasteiger partial charge in [0.15, 0.2) is 11.4 Å². The van der Waals surface area contributed by atoms with Crippen molar-refractivity contribution in [1.29, 1.82) is 0 Å². The highest BCUT2D eigenvalue weighted by atomic mass is 16.1. The average Bonchev–Trinajstić information content (AvgIpc) is 2.80. The van der Waals surface area contributed by atoms with E-state index in [1.54, 1.807) is 24.3 Å². The molecule has 17 heavy (non-hydrogen) atoms. The van der Waals surface area contributed by atoms with Gasteiger partial charge in [0, 0.05) is 11.1 Å². The summed E-state index contributed by atoms with van der Waals surface area (Å²) < 4.78 is 0. The lowest BCUT2D eigenvalue weighted by Gasteiger charge is -2.10. The third kappa shape index (κ3) is 1.25. The molecule has 0 fully saturated rings. The second-order valence-electron chi connectivity index (χ2n) is 3.79. The predicted octanol–water partition coefficient (Wildman–Crippen LogP) is 1.07. The lowest BCUT2D eigenvalue weighted by atomic mass is 9.90. The number of aromatic nitrogens is 3. The van der Waals surface area contributed by atoms with Crippen molar-refractivity contribution >= 4 is 11.6 Å². The SMILES string of the molecule is CCn1nc2c(n1)C(=O)c1ccccc1C2=O. The molecule has 0 amide bonds. The molecule has 0 atom stereocenters. The summed E-state index contributed by atoms with van der Waals surface area (Å²) in [6.07, 6.45) is 0. The van der Waals surface area contributed by atoms with E-state index in [9.17, 15) is 9.59 Å². The van der Waals surface area contributed by atoms with Gasteiger partial charge in [0.1, 0.15) is 0 Å². The van der Waals surface area contributed by atoms with Gasteiger partial charge in [-0.3, -0.25) is 9.59 Å². The lowest BCUT2D eigenvalue weighted by Crippen LogP contribution is -2.20. The van der Waals surface area contributed by atoms with E-state index in [1.165, 1.54) is 4.80 Å². The summed E-state index contributed by atoms with van der Waals surface area (Å²) in [6, 6.07) is 6.76. The summed E-state index contributed by atoms with van der Waals surface area (Å²) in [5, 5.41) is 8.07. The predicted molar refractivity (Wildman–Crippen MR) is 59.0 cm³/mol. The van der Waals surface area contributed by atoms with Crippen LogP contribution in [0.2, 0.25) is 0 Å². The minimum absolute atomic E-state index is 0.163. The molecule has 0 saturated carbocycles. The molecule has 0 saturated heterocycles. The molecule has 5 heteroatoms. The number of ketones is 2. The summed E-state index contributed by atoms with van der Waals surface area (Å²) in [5.74, 6) is -0.454. The summed E-state index contributed by atoms with van der Waals surface area (Å²) in [6.45, 7) is 2.39.